The van der Waals surface area contributed by atoms with Gasteiger partial charge in [0.1, 0.15) is 5.76 Å². The summed E-state index contributed by atoms with van der Waals surface area (Å²) in [5.74, 6) is 1.76. The Morgan fingerprint density at radius 1 is 1.50 bits per heavy atom. The standard InChI is InChI=1S/C15H25NO2/c1-3-18-15(8-6-12(2)7-9-15)14(16)11-13-5-4-10-17-13/h4-5,10,12,14H,3,6-9,11,16H2,1-2H3. The maximum atomic E-state index is 6.42. The van der Waals surface area contributed by atoms with Crippen molar-refractivity contribution in [3.8, 4) is 0 Å². The Balaban J connectivity index is 2.04. The first kappa shape index (κ1) is 13.6. The zero-order chi connectivity index (χ0) is 13.0. The molecule has 2 N–H and O–H groups in total. The quantitative estimate of drug-likeness (QED) is 0.874. The van der Waals surface area contributed by atoms with Crippen LogP contribution in [0.4, 0.5) is 0 Å². The summed E-state index contributed by atoms with van der Waals surface area (Å²) in [5.41, 5.74) is 6.28. The fraction of sp³-hybridized carbons (Fsp3) is 0.733. The van der Waals surface area contributed by atoms with E-state index >= 15 is 0 Å². The summed E-state index contributed by atoms with van der Waals surface area (Å²) in [6.07, 6.45) is 7.05. The van der Waals surface area contributed by atoms with E-state index in [2.05, 4.69) is 13.8 Å². The highest BCUT2D eigenvalue weighted by molar-refractivity contribution is 5.05. The summed E-state index contributed by atoms with van der Waals surface area (Å²) in [6, 6.07) is 3.93. The average molecular weight is 251 g/mol. The van der Waals surface area contributed by atoms with Crippen LogP contribution in [-0.2, 0) is 11.2 Å². The molecule has 102 valence electrons. The van der Waals surface area contributed by atoms with Gasteiger partial charge in [0, 0.05) is 19.1 Å². The van der Waals surface area contributed by atoms with E-state index in [1.165, 1.54) is 12.8 Å². The number of furan rings is 1. The van der Waals surface area contributed by atoms with Crippen molar-refractivity contribution in [2.24, 2.45) is 11.7 Å². The lowest BCUT2D eigenvalue weighted by Gasteiger charge is -2.43. The maximum Gasteiger partial charge on any atom is 0.105 e. The van der Waals surface area contributed by atoms with Gasteiger partial charge in [-0.15, -0.1) is 0 Å². The molecule has 0 radical (unpaired) electrons. The highest BCUT2D eigenvalue weighted by Crippen LogP contribution is 2.37. The third-order valence-corrected chi connectivity index (χ3v) is 4.23. The second-order valence-electron chi connectivity index (χ2n) is 5.57. The molecule has 1 aromatic heterocycles. The molecule has 0 bridgehead atoms. The van der Waals surface area contributed by atoms with Crippen molar-refractivity contribution in [2.45, 2.75) is 57.6 Å². The van der Waals surface area contributed by atoms with E-state index in [4.69, 9.17) is 14.9 Å². The number of hydrogen-bond acceptors (Lipinski definition) is 3. The smallest absolute Gasteiger partial charge is 0.105 e. The minimum atomic E-state index is -0.145. The van der Waals surface area contributed by atoms with Gasteiger partial charge >= 0.3 is 0 Å². The van der Waals surface area contributed by atoms with Crippen LogP contribution in [0.3, 0.4) is 0 Å². The largest absolute Gasteiger partial charge is 0.469 e. The molecule has 0 saturated heterocycles. The van der Waals surface area contributed by atoms with Gasteiger partial charge in [-0.25, -0.2) is 0 Å². The molecule has 0 spiro atoms. The van der Waals surface area contributed by atoms with Gasteiger partial charge in [-0.05, 0) is 50.7 Å². The van der Waals surface area contributed by atoms with E-state index in [0.29, 0.717) is 0 Å². The number of ether oxygens (including phenoxy) is 1. The fourth-order valence-corrected chi connectivity index (χ4v) is 2.99. The Labute approximate surface area is 110 Å². The fourth-order valence-electron chi connectivity index (χ4n) is 2.99. The van der Waals surface area contributed by atoms with Crippen LogP contribution >= 0.6 is 0 Å². The average Bonchev–Trinajstić information content (AvgIpc) is 2.85. The molecule has 2 rings (SSSR count). The van der Waals surface area contributed by atoms with Crippen LogP contribution in [0.5, 0.6) is 0 Å². The van der Waals surface area contributed by atoms with Crippen LogP contribution in [0.1, 0.15) is 45.3 Å². The Bertz CT molecular complexity index is 339. The van der Waals surface area contributed by atoms with Crippen LogP contribution in [0.25, 0.3) is 0 Å². The Hall–Kier alpha value is -0.800. The van der Waals surface area contributed by atoms with Gasteiger partial charge in [-0.1, -0.05) is 6.92 Å². The number of rotatable bonds is 5. The summed E-state index contributed by atoms with van der Waals surface area (Å²) in [5, 5.41) is 0. The SMILES string of the molecule is CCOC1(C(N)Cc2ccco2)CCC(C)CC1. The third-order valence-electron chi connectivity index (χ3n) is 4.23. The molecular formula is C15H25NO2. The zero-order valence-electron chi connectivity index (χ0n) is 11.5. The lowest BCUT2D eigenvalue weighted by molar-refractivity contribution is -0.0890. The molecule has 18 heavy (non-hydrogen) atoms. The van der Waals surface area contributed by atoms with Gasteiger partial charge in [-0.2, -0.15) is 0 Å². The van der Waals surface area contributed by atoms with Gasteiger partial charge in [0.15, 0.2) is 0 Å². The molecule has 1 fully saturated rings. The highest BCUT2D eigenvalue weighted by Gasteiger charge is 2.40. The topological polar surface area (TPSA) is 48.4 Å². The van der Waals surface area contributed by atoms with Gasteiger partial charge in [0.25, 0.3) is 0 Å². The molecule has 1 aliphatic rings. The molecule has 0 aliphatic heterocycles. The molecular weight excluding hydrogens is 226 g/mol. The number of nitrogens with two attached hydrogens (primary N) is 1. The molecule has 3 nitrogen and oxygen atoms in total. The first-order valence-electron chi connectivity index (χ1n) is 7.08. The normalized spacial score (nSPS) is 30.3. The molecule has 0 aromatic carbocycles. The van der Waals surface area contributed by atoms with Crippen molar-refractivity contribution >= 4 is 0 Å². The predicted molar refractivity (Wildman–Crippen MR) is 72.4 cm³/mol. The second-order valence-corrected chi connectivity index (χ2v) is 5.57. The minimum Gasteiger partial charge on any atom is -0.469 e. The van der Waals surface area contributed by atoms with E-state index in [0.717, 1.165) is 37.5 Å². The first-order chi connectivity index (χ1) is 8.66. The molecule has 1 aromatic rings. The molecule has 3 heteroatoms. The molecule has 1 aliphatic carbocycles. The Kier molecular flexibility index (Phi) is 4.46. The first-order valence-corrected chi connectivity index (χ1v) is 7.08. The van der Waals surface area contributed by atoms with Gasteiger partial charge in [0.2, 0.25) is 0 Å². The van der Waals surface area contributed by atoms with Crippen LogP contribution in [0, 0.1) is 5.92 Å². The highest BCUT2D eigenvalue weighted by atomic mass is 16.5. The van der Waals surface area contributed by atoms with E-state index in [1.54, 1.807) is 6.26 Å². The zero-order valence-corrected chi connectivity index (χ0v) is 11.5. The summed E-state index contributed by atoms with van der Waals surface area (Å²) >= 11 is 0. The van der Waals surface area contributed by atoms with E-state index in [9.17, 15) is 0 Å². The molecule has 1 unspecified atom stereocenters. The Morgan fingerprint density at radius 2 is 2.22 bits per heavy atom. The summed E-state index contributed by atoms with van der Waals surface area (Å²) < 4.78 is 11.5. The predicted octanol–water partition coefficient (Wildman–Crippen LogP) is 3.13. The van der Waals surface area contributed by atoms with Crippen molar-refractivity contribution < 1.29 is 9.15 Å². The van der Waals surface area contributed by atoms with Crippen molar-refractivity contribution in [1.82, 2.24) is 0 Å². The van der Waals surface area contributed by atoms with Crippen LogP contribution in [-0.4, -0.2) is 18.2 Å². The second kappa shape index (κ2) is 5.89. The van der Waals surface area contributed by atoms with Gasteiger partial charge in [-0.3, -0.25) is 0 Å². The van der Waals surface area contributed by atoms with Crippen LogP contribution in [0.15, 0.2) is 22.8 Å². The summed E-state index contributed by atoms with van der Waals surface area (Å²) in [7, 11) is 0. The molecule has 1 saturated carbocycles. The molecule has 0 amide bonds. The van der Waals surface area contributed by atoms with Gasteiger partial charge in [0.05, 0.1) is 11.9 Å². The Morgan fingerprint density at radius 3 is 2.78 bits per heavy atom. The van der Waals surface area contributed by atoms with Crippen molar-refractivity contribution in [2.75, 3.05) is 6.61 Å². The van der Waals surface area contributed by atoms with Crippen molar-refractivity contribution in [3.63, 3.8) is 0 Å². The lowest BCUT2D eigenvalue weighted by atomic mass is 9.74. The van der Waals surface area contributed by atoms with E-state index < -0.39 is 0 Å². The van der Waals surface area contributed by atoms with Crippen molar-refractivity contribution in [3.05, 3.63) is 24.2 Å². The van der Waals surface area contributed by atoms with E-state index in [1.807, 2.05) is 12.1 Å². The van der Waals surface area contributed by atoms with Crippen LogP contribution in [0.2, 0.25) is 0 Å². The van der Waals surface area contributed by atoms with E-state index in [-0.39, 0.29) is 11.6 Å². The monoisotopic (exact) mass is 251 g/mol. The molecule has 1 heterocycles. The third kappa shape index (κ3) is 2.96. The molecule has 1 atom stereocenters. The maximum absolute atomic E-state index is 6.42. The van der Waals surface area contributed by atoms with Gasteiger partial charge < -0.3 is 14.9 Å². The number of hydrogen-bond donors (Lipinski definition) is 1. The van der Waals surface area contributed by atoms with Crippen LogP contribution < -0.4 is 5.73 Å². The minimum absolute atomic E-state index is 0.0242. The summed E-state index contributed by atoms with van der Waals surface area (Å²) in [4.78, 5) is 0. The van der Waals surface area contributed by atoms with Crippen molar-refractivity contribution in [1.29, 1.82) is 0 Å². The summed E-state index contributed by atoms with van der Waals surface area (Å²) in [6.45, 7) is 5.10. The lowest BCUT2D eigenvalue weighted by Crippen LogP contribution is -2.53.